The van der Waals surface area contributed by atoms with Crippen LogP contribution in [0.4, 0.5) is 5.69 Å². The van der Waals surface area contributed by atoms with Gasteiger partial charge in [-0.05, 0) is 48.4 Å². The number of nitrogens with zero attached hydrogens (tertiary/aromatic N) is 1. The van der Waals surface area contributed by atoms with Crippen LogP contribution in [0.5, 0.6) is 0 Å². The van der Waals surface area contributed by atoms with E-state index >= 15 is 0 Å². The van der Waals surface area contributed by atoms with E-state index in [2.05, 4.69) is 72.0 Å². The van der Waals surface area contributed by atoms with Crippen LogP contribution in [-0.2, 0) is 6.54 Å². The van der Waals surface area contributed by atoms with E-state index in [9.17, 15) is 0 Å². The molecule has 2 rings (SSSR count). The van der Waals surface area contributed by atoms with E-state index in [1.165, 1.54) is 35.2 Å². The summed E-state index contributed by atoms with van der Waals surface area (Å²) in [6.45, 7) is 13.6. The van der Waals surface area contributed by atoms with Gasteiger partial charge in [0.2, 0.25) is 0 Å². The van der Waals surface area contributed by atoms with Gasteiger partial charge in [0.25, 0.3) is 0 Å². The molecule has 1 aliphatic heterocycles. The van der Waals surface area contributed by atoms with E-state index < -0.39 is 0 Å². The summed E-state index contributed by atoms with van der Waals surface area (Å²) >= 11 is 3.74. The van der Waals surface area contributed by atoms with Gasteiger partial charge in [-0.1, -0.05) is 49.7 Å². The van der Waals surface area contributed by atoms with Crippen LogP contribution in [0, 0.1) is 17.8 Å². The zero-order chi connectivity index (χ0) is 15.4. The monoisotopic (exact) mass is 352 g/mol. The normalized spacial score (nSPS) is 19.0. The molecular weight excluding hydrogens is 324 g/mol. The number of hydrogen-bond acceptors (Lipinski definition) is 2. The minimum atomic E-state index is 0.695. The fourth-order valence-electron chi connectivity index (χ4n) is 2.94. The van der Waals surface area contributed by atoms with Gasteiger partial charge in [0.05, 0.1) is 0 Å². The Morgan fingerprint density at radius 2 is 2.05 bits per heavy atom. The van der Waals surface area contributed by atoms with E-state index in [0.29, 0.717) is 5.92 Å². The van der Waals surface area contributed by atoms with Crippen LogP contribution < -0.4 is 10.2 Å². The van der Waals surface area contributed by atoms with Crippen LogP contribution in [0.3, 0.4) is 0 Å². The van der Waals surface area contributed by atoms with Crippen molar-refractivity contribution in [1.82, 2.24) is 5.32 Å². The van der Waals surface area contributed by atoms with E-state index in [-0.39, 0.29) is 0 Å². The zero-order valence-corrected chi connectivity index (χ0v) is 15.4. The molecular formula is C18H29BrN2. The molecule has 1 heterocycles. The summed E-state index contributed by atoms with van der Waals surface area (Å²) in [6, 6.07) is 6.82. The lowest BCUT2D eigenvalue weighted by Gasteiger charge is -2.21. The van der Waals surface area contributed by atoms with E-state index in [1.807, 2.05) is 0 Å². The van der Waals surface area contributed by atoms with Crippen molar-refractivity contribution in [2.75, 3.05) is 24.5 Å². The fraction of sp³-hybridized carbons (Fsp3) is 0.667. The Balaban J connectivity index is 1.96. The standard InChI is InChI=1S/C18H29BrN2/c1-13(2)10-20-11-15-5-6-17(9-18(15)19)21-8-7-16(12-21)14(3)4/h5-6,9,13-14,16,20H,7-8,10-12H2,1-4H3. The zero-order valence-electron chi connectivity index (χ0n) is 13.8. The fourth-order valence-corrected chi connectivity index (χ4v) is 3.44. The molecule has 0 aromatic heterocycles. The first-order valence-electron chi connectivity index (χ1n) is 8.21. The molecule has 2 nitrogen and oxygen atoms in total. The maximum Gasteiger partial charge on any atom is 0.0377 e. The number of nitrogens with one attached hydrogen (secondary N) is 1. The third kappa shape index (κ3) is 4.72. The molecule has 0 radical (unpaired) electrons. The van der Waals surface area contributed by atoms with Gasteiger partial charge in [0, 0.05) is 29.8 Å². The lowest BCUT2D eigenvalue weighted by molar-refractivity contribution is 0.423. The van der Waals surface area contributed by atoms with Crippen LogP contribution in [0.25, 0.3) is 0 Å². The van der Waals surface area contributed by atoms with Gasteiger partial charge in [0.1, 0.15) is 0 Å². The molecule has 0 amide bonds. The van der Waals surface area contributed by atoms with Crippen molar-refractivity contribution in [3.8, 4) is 0 Å². The predicted molar refractivity (Wildman–Crippen MR) is 95.8 cm³/mol. The maximum absolute atomic E-state index is 3.74. The van der Waals surface area contributed by atoms with Gasteiger partial charge in [-0.25, -0.2) is 0 Å². The van der Waals surface area contributed by atoms with Crippen molar-refractivity contribution in [3.05, 3.63) is 28.2 Å². The second-order valence-corrected chi connectivity index (χ2v) is 7.89. The molecule has 1 atom stereocenters. The quantitative estimate of drug-likeness (QED) is 0.799. The number of benzene rings is 1. The average Bonchev–Trinajstić information content (AvgIpc) is 2.90. The van der Waals surface area contributed by atoms with Crippen molar-refractivity contribution < 1.29 is 0 Å². The highest BCUT2D eigenvalue weighted by Gasteiger charge is 2.25. The minimum absolute atomic E-state index is 0.695. The Morgan fingerprint density at radius 1 is 1.29 bits per heavy atom. The van der Waals surface area contributed by atoms with Gasteiger partial charge in [-0.2, -0.15) is 0 Å². The number of rotatable bonds is 6. The van der Waals surface area contributed by atoms with Crippen LogP contribution in [0.2, 0.25) is 0 Å². The van der Waals surface area contributed by atoms with Gasteiger partial charge in [-0.3, -0.25) is 0 Å². The lowest BCUT2D eigenvalue weighted by atomic mass is 9.95. The molecule has 3 heteroatoms. The molecule has 1 N–H and O–H groups in total. The maximum atomic E-state index is 3.74. The van der Waals surface area contributed by atoms with Gasteiger partial charge in [0.15, 0.2) is 0 Å². The molecule has 1 saturated heterocycles. The largest absolute Gasteiger partial charge is 0.371 e. The van der Waals surface area contributed by atoms with E-state index in [4.69, 9.17) is 0 Å². The summed E-state index contributed by atoms with van der Waals surface area (Å²) in [4.78, 5) is 2.53. The van der Waals surface area contributed by atoms with Crippen LogP contribution in [0.15, 0.2) is 22.7 Å². The van der Waals surface area contributed by atoms with Crippen LogP contribution >= 0.6 is 15.9 Å². The SMILES string of the molecule is CC(C)CNCc1ccc(N2CCC(C(C)C)C2)cc1Br. The molecule has 0 bridgehead atoms. The number of hydrogen-bond donors (Lipinski definition) is 1. The lowest BCUT2D eigenvalue weighted by Crippen LogP contribution is -2.22. The molecule has 21 heavy (non-hydrogen) atoms. The second kappa shape index (κ2) is 7.64. The van der Waals surface area contributed by atoms with Crippen LogP contribution in [-0.4, -0.2) is 19.6 Å². The highest BCUT2D eigenvalue weighted by atomic mass is 79.9. The van der Waals surface area contributed by atoms with Crippen molar-refractivity contribution in [1.29, 1.82) is 0 Å². The molecule has 0 saturated carbocycles. The molecule has 118 valence electrons. The van der Waals surface area contributed by atoms with Crippen molar-refractivity contribution in [2.45, 2.75) is 40.7 Å². The predicted octanol–water partition coefficient (Wildman–Crippen LogP) is 4.68. The first-order valence-corrected chi connectivity index (χ1v) is 9.00. The van der Waals surface area contributed by atoms with Crippen molar-refractivity contribution in [2.24, 2.45) is 17.8 Å². The van der Waals surface area contributed by atoms with E-state index in [0.717, 1.165) is 24.9 Å². The smallest absolute Gasteiger partial charge is 0.0377 e. The van der Waals surface area contributed by atoms with E-state index in [1.54, 1.807) is 0 Å². The Morgan fingerprint density at radius 3 is 2.62 bits per heavy atom. The minimum Gasteiger partial charge on any atom is -0.371 e. The van der Waals surface area contributed by atoms with Crippen molar-refractivity contribution in [3.63, 3.8) is 0 Å². The van der Waals surface area contributed by atoms with Gasteiger partial charge < -0.3 is 10.2 Å². The van der Waals surface area contributed by atoms with Gasteiger partial charge >= 0.3 is 0 Å². The summed E-state index contributed by atoms with van der Waals surface area (Å²) in [5.74, 6) is 2.33. The topological polar surface area (TPSA) is 15.3 Å². The molecule has 0 aliphatic carbocycles. The summed E-state index contributed by atoms with van der Waals surface area (Å²) in [5.41, 5.74) is 2.71. The Bertz CT molecular complexity index is 457. The molecule has 0 spiro atoms. The molecule has 1 aromatic carbocycles. The third-order valence-electron chi connectivity index (χ3n) is 4.44. The van der Waals surface area contributed by atoms with Gasteiger partial charge in [-0.15, -0.1) is 0 Å². The third-order valence-corrected chi connectivity index (χ3v) is 5.18. The van der Waals surface area contributed by atoms with Crippen molar-refractivity contribution >= 4 is 21.6 Å². The Labute approximate surface area is 138 Å². The highest BCUT2D eigenvalue weighted by Crippen LogP contribution is 2.31. The molecule has 1 fully saturated rings. The highest BCUT2D eigenvalue weighted by molar-refractivity contribution is 9.10. The summed E-state index contributed by atoms with van der Waals surface area (Å²) in [6.07, 6.45) is 1.33. The second-order valence-electron chi connectivity index (χ2n) is 7.04. The Kier molecular flexibility index (Phi) is 6.12. The molecule has 1 unspecified atom stereocenters. The average molecular weight is 353 g/mol. The molecule has 1 aliphatic rings. The number of anilines is 1. The summed E-state index contributed by atoms with van der Waals surface area (Å²) in [7, 11) is 0. The Hall–Kier alpha value is -0.540. The first-order chi connectivity index (χ1) is 9.97. The summed E-state index contributed by atoms with van der Waals surface area (Å²) in [5, 5.41) is 3.51. The number of halogens is 1. The first kappa shape index (κ1) is 16.8. The molecule has 1 aromatic rings. The van der Waals surface area contributed by atoms with Crippen LogP contribution in [0.1, 0.15) is 39.7 Å². The summed E-state index contributed by atoms with van der Waals surface area (Å²) < 4.78 is 1.23.